The molecule has 5 heteroatoms. The van der Waals surface area contributed by atoms with Gasteiger partial charge in [0, 0.05) is 19.0 Å². The summed E-state index contributed by atoms with van der Waals surface area (Å²) < 4.78 is 11.1. The molecular weight excluding hydrogens is 258 g/mol. The monoisotopic (exact) mass is 277 g/mol. The molecule has 1 aromatic rings. The van der Waals surface area contributed by atoms with Crippen LogP contribution in [0.4, 0.5) is 0 Å². The van der Waals surface area contributed by atoms with E-state index >= 15 is 0 Å². The summed E-state index contributed by atoms with van der Waals surface area (Å²) in [5, 5.41) is 9.63. The minimum absolute atomic E-state index is 0.0458. The number of para-hydroxylation sites is 1. The summed E-state index contributed by atoms with van der Waals surface area (Å²) in [6, 6.07) is 5.39. The molecule has 0 spiro atoms. The third kappa shape index (κ3) is 2.33. The van der Waals surface area contributed by atoms with Crippen LogP contribution < -0.4 is 9.47 Å². The molecule has 1 saturated heterocycles. The Labute approximate surface area is 118 Å². The highest BCUT2D eigenvalue weighted by Gasteiger charge is 2.31. The Morgan fingerprint density at radius 2 is 2.20 bits per heavy atom. The lowest BCUT2D eigenvalue weighted by Gasteiger charge is -2.23. The van der Waals surface area contributed by atoms with E-state index in [9.17, 15) is 9.90 Å². The molecule has 1 N–H and O–H groups in total. The Morgan fingerprint density at radius 3 is 2.95 bits per heavy atom. The van der Waals surface area contributed by atoms with Crippen molar-refractivity contribution in [2.75, 3.05) is 26.3 Å². The summed E-state index contributed by atoms with van der Waals surface area (Å²) >= 11 is 0. The number of amides is 1. The van der Waals surface area contributed by atoms with Crippen molar-refractivity contribution in [1.82, 2.24) is 4.90 Å². The second-order valence-corrected chi connectivity index (χ2v) is 5.37. The Balaban J connectivity index is 1.81. The van der Waals surface area contributed by atoms with E-state index in [1.807, 2.05) is 12.1 Å². The van der Waals surface area contributed by atoms with Gasteiger partial charge in [0.25, 0.3) is 5.91 Å². The summed E-state index contributed by atoms with van der Waals surface area (Å²) in [6.07, 6.45) is 0.465. The molecule has 2 unspecified atom stereocenters. The Kier molecular flexibility index (Phi) is 3.53. The molecule has 0 radical (unpaired) electrons. The van der Waals surface area contributed by atoms with E-state index in [2.05, 4.69) is 0 Å². The van der Waals surface area contributed by atoms with Gasteiger partial charge in [0.05, 0.1) is 11.7 Å². The van der Waals surface area contributed by atoms with Crippen LogP contribution in [0, 0.1) is 5.92 Å². The van der Waals surface area contributed by atoms with E-state index in [1.54, 1.807) is 17.9 Å². The second-order valence-electron chi connectivity index (χ2n) is 5.37. The Hall–Kier alpha value is -1.75. The van der Waals surface area contributed by atoms with Gasteiger partial charge in [0.15, 0.2) is 11.5 Å². The highest BCUT2D eigenvalue weighted by Crippen LogP contribution is 2.35. The van der Waals surface area contributed by atoms with Crippen LogP contribution in [0.3, 0.4) is 0 Å². The van der Waals surface area contributed by atoms with Crippen LogP contribution in [0.15, 0.2) is 18.2 Å². The van der Waals surface area contributed by atoms with Crippen LogP contribution in [-0.4, -0.2) is 48.3 Å². The number of hydrogen-bond acceptors (Lipinski definition) is 4. The average Bonchev–Trinajstić information content (AvgIpc) is 2.96. The van der Waals surface area contributed by atoms with Gasteiger partial charge in [-0.1, -0.05) is 6.07 Å². The van der Waals surface area contributed by atoms with Crippen LogP contribution in [0.1, 0.15) is 23.7 Å². The summed E-state index contributed by atoms with van der Waals surface area (Å²) in [5.41, 5.74) is 0.549. The smallest absolute Gasteiger partial charge is 0.257 e. The second kappa shape index (κ2) is 5.32. The van der Waals surface area contributed by atoms with Crippen molar-refractivity contribution in [1.29, 1.82) is 0 Å². The average molecular weight is 277 g/mol. The minimum atomic E-state index is -0.378. The molecule has 2 aliphatic heterocycles. The zero-order chi connectivity index (χ0) is 14.1. The predicted octanol–water partition coefficient (Wildman–Crippen LogP) is 1.30. The molecule has 1 fully saturated rings. The van der Waals surface area contributed by atoms with Crippen LogP contribution in [0.2, 0.25) is 0 Å². The summed E-state index contributed by atoms with van der Waals surface area (Å²) in [4.78, 5) is 14.4. The Bertz CT molecular complexity index is 515. The standard InChI is InChI=1S/C15H19NO4/c1-10(17)11-5-6-16(9-11)15(18)12-3-2-4-13-14(12)20-8-7-19-13/h2-4,10-11,17H,5-9H2,1H3. The number of ether oxygens (including phenoxy) is 2. The number of hydrogen-bond donors (Lipinski definition) is 1. The van der Waals surface area contributed by atoms with Crippen molar-refractivity contribution in [2.45, 2.75) is 19.4 Å². The molecule has 108 valence electrons. The van der Waals surface area contributed by atoms with Crippen molar-refractivity contribution >= 4 is 5.91 Å². The van der Waals surface area contributed by atoms with E-state index in [0.29, 0.717) is 43.4 Å². The summed E-state index contributed by atoms with van der Waals surface area (Å²) in [7, 11) is 0. The first-order chi connectivity index (χ1) is 9.66. The number of carbonyl (C=O) groups is 1. The maximum absolute atomic E-state index is 12.6. The molecule has 5 nitrogen and oxygen atoms in total. The normalized spacial score (nSPS) is 22.7. The number of likely N-dealkylation sites (tertiary alicyclic amines) is 1. The van der Waals surface area contributed by atoms with Crippen LogP contribution in [0.5, 0.6) is 11.5 Å². The van der Waals surface area contributed by atoms with Gasteiger partial charge in [0.1, 0.15) is 13.2 Å². The van der Waals surface area contributed by atoms with Gasteiger partial charge in [-0.3, -0.25) is 4.79 Å². The lowest BCUT2D eigenvalue weighted by Crippen LogP contribution is -2.31. The molecule has 0 bridgehead atoms. The zero-order valence-corrected chi connectivity index (χ0v) is 11.5. The van der Waals surface area contributed by atoms with Crippen molar-refractivity contribution in [3.63, 3.8) is 0 Å². The molecule has 3 rings (SSSR count). The van der Waals surface area contributed by atoms with Crippen LogP contribution in [-0.2, 0) is 0 Å². The quantitative estimate of drug-likeness (QED) is 0.885. The van der Waals surface area contributed by atoms with E-state index < -0.39 is 0 Å². The van der Waals surface area contributed by atoms with E-state index in [-0.39, 0.29) is 17.9 Å². The molecule has 2 atom stereocenters. The number of aliphatic hydroxyl groups is 1. The van der Waals surface area contributed by atoms with E-state index in [0.717, 1.165) is 6.42 Å². The molecular formula is C15H19NO4. The first-order valence-electron chi connectivity index (χ1n) is 7.03. The van der Waals surface area contributed by atoms with E-state index in [4.69, 9.17) is 9.47 Å². The first-order valence-corrected chi connectivity index (χ1v) is 7.03. The van der Waals surface area contributed by atoms with Gasteiger partial charge in [-0.05, 0) is 25.5 Å². The number of benzene rings is 1. The predicted molar refractivity (Wildman–Crippen MR) is 73.1 cm³/mol. The largest absolute Gasteiger partial charge is 0.486 e. The minimum Gasteiger partial charge on any atom is -0.486 e. The van der Waals surface area contributed by atoms with Crippen molar-refractivity contribution in [3.8, 4) is 11.5 Å². The maximum atomic E-state index is 12.6. The van der Waals surface area contributed by atoms with Crippen molar-refractivity contribution in [2.24, 2.45) is 5.92 Å². The molecule has 2 heterocycles. The zero-order valence-electron chi connectivity index (χ0n) is 11.5. The fourth-order valence-electron chi connectivity index (χ4n) is 2.78. The molecule has 20 heavy (non-hydrogen) atoms. The third-order valence-electron chi connectivity index (χ3n) is 3.99. The molecule has 1 aromatic carbocycles. The van der Waals surface area contributed by atoms with Crippen molar-refractivity contribution in [3.05, 3.63) is 23.8 Å². The third-order valence-corrected chi connectivity index (χ3v) is 3.99. The summed E-state index contributed by atoms with van der Waals surface area (Å²) in [6.45, 7) is 4.03. The number of carbonyl (C=O) groups excluding carboxylic acids is 1. The summed E-state index contributed by atoms with van der Waals surface area (Å²) in [5.74, 6) is 1.30. The van der Waals surface area contributed by atoms with Gasteiger partial charge in [-0.15, -0.1) is 0 Å². The highest BCUT2D eigenvalue weighted by molar-refractivity contribution is 5.98. The number of fused-ring (bicyclic) bond motifs is 1. The number of rotatable bonds is 2. The topological polar surface area (TPSA) is 59.0 Å². The fraction of sp³-hybridized carbons (Fsp3) is 0.533. The van der Waals surface area contributed by atoms with Crippen molar-refractivity contribution < 1.29 is 19.4 Å². The lowest BCUT2D eigenvalue weighted by atomic mass is 10.0. The van der Waals surface area contributed by atoms with Gasteiger partial charge in [-0.2, -0.15) is 0 Å². The molecule has 0 aromatic heterocycles. The SMILES string of the molecule is CC(O)C1CCN(C(=O)c2cccc3c2OCCO3)C1. The molecule has 0 aliphatic carbocycles. The number of aliphatic hydroxyl groups excluding tert-OH is 1. The molecule has 2 aliphatic rings. The first kappa shape index (κ1) is 13.2. The van der Waals surface area contributed by atoms with Gasteiger partial charge < -0.3 is 19.5 Å². The number of nitrogens with zero attached hydrogens (tertiary/aromatic N) is 1. The fourth-order valence-corrected chi connectivity index (χ4v) is 2.78. The molecule has 0 saturated carbocycles. The molecule has 1 amide bonds. The van der Waals surface area contributed by atoms with Gasteiger partial charge >= 0.3 is 0 Å². The van der Waals surface area contributed by atoms with E-state index in [1.165, 1.54) is 0 Å². The lowest BCUT2D eigenvalue weighted by molar-refractivity contribution is 0.0752. The van der Waals surface area contributed by atoms with Gasteiger partial charge in [0.2, 0.25) is 0 Å². The van der Waals surface area contributed by atoms with Gasteiger partial charge in [-0.25, -0.2) is 0 Å². The highest BCUT2D eigenvalue weighted by atomic mass is 16.6. The maximum Gasteiger partial charge on any atom is 0.257 e. The van der Waals surface area contributed by atoms with Crippen LogP contribution >= 0.6 is 0 Å². The Morgan fingerprint density at radius 1 is 1.40 bits per heavy atom. The van der Waals surface area contributed by atoms with Crippen LogP contribution in [0.25, 0.3) is 0 Å².